The topological polar surface area (TPSA) is 78.9 Å². The van der Waals surface area contributed by atoms with Crippen molar-refractivity contribution in [3.8, 4) is 0 Å². The van der Waals surface area contributed by atoms with E-state index in [1.165, 1.54) is 154 Å². The van der Waals surface area contributed by atoms with Crippen molar-refractivity contribution in [2.24, 2.45) is 0 Å². The van der Waals surface area contributed by atoms with Gasteiger partial charge in [-0.3, -0.25) is 14.4 Å². The highest BCUT2D eigenvalue weighted by Crippen LogP contribution is 2.16. The molecule has 6 nitrogen and oxygen atoms in total. The largest absolute Gasteiger partial charge is 0.462 e. The van der Waals surface area contributed by atoms with Gasteiger partial charge in [0.15, 0.2) is 6.10 Å². The number of ether oxygens (including phenoxy) is 3. The van der Waals surface area contributed by atoms with E-state index < -0.39 is 6.10 Å². The van der Waals surface area contributed by atoms with Gasteiger partial charge in [0.05, 0.1) is 0 Å². The third-order valence-electron chi connectivity index (χ3n) is 13.8. The summed E-state index contributed by atoms with van der Waals surface area (Å²) in [5.74, 6) is -0.883. The lowest BCUT2D eigenvalue weighted by molar-refractivity contribution is -0.167. The Morgan fingerprint density at radius 1 is 0.276 bits per heavy atom. The van der Waals surface area contributed by atoms with Gasteiger partial charge in [0.2, 0.25) is 0 Å². The number of carbonyl (C=O) groups excluding carboxylic acids is 3. The monoisotopic (exact) mass is 1060 g/mol. The van der Waals surface area contributed by atoms with Crippen LogP contribution in [0.5, 0.6) is 0 Å². The summed E-state index contributed by atoms with van der Waals surface area (Å²) < 4.78 is 16.9. The van der Waals surface area contributed by atoms with Crippen molar-refractivity contribution in [2.75, 3.05) is 13.2 Å². The molecule has 0 radical (unpaired) electrons. The molecule has 0 spiro atoms. The number of rotatable bonds is 58. The minimum Gasteiger partial charge on any atom is -0.462 e. The number of hydrogen-bond donors (Lipinski definition) is 0. The van der Waals surface area contributed by atoms with E-state index in [1.807, 2.05) is 0 Å². The summed E-state index contributed by atoms with van der Waals surface area (Å²) in [5, 5.41) is 0. The molecule has 76 heavy (non-hydrogen) atoms. The van der Waals surface area contributed by atoms with Gasteiger partial charge in [0.1, 0.15) is 13.2 Å². The van der Waals surface area contributed by atoms with Gasteiger partial charge in [0.25, 0.3) is 0 Å². The van der Waals surface area contributed by atoms with Crippen LogP contribution in [-0.4, -0.2) is 37.2 Å². The maximum atomic E-state index is 12.8. The van der Waals surface area contributed by atoms with Crippen LogP contribution in [0.4, 0.5) is 0 Å². The molecule has 6 heteroatoms. The van der Waals surface area contributed by atoms with Crippen LogP contribution in [-0.2, 0) is 28.6 Å². The Labute approximate surface area is 470 Å². The quantitative estimate of drug-likeness (QED) is 0.0261. The van der Waals surface area contributed by atoms with Crippen LogP contribution >= 0.6 is 0 Å². The maximum absolute atomic E-state index is 12.8. The normalized spacial score (nSPS) is 12.7. The molecular weight excluding hydrogens is 937 g/mol. The zero-order valence-corrected chi connectivity index (χ0v) is 50.0. The van der Waals surface area contributed by atoms with Gasteiger partial charge in [-0.25, -0.2) is 0 Å². The molecule has 0 N–H and O–H groups in total. The Kier molecular flexibility index (Phi) is 60.8. The van der Waals surface area contributed by atoms with E-state index in [0.29, 0.717) is 19.3 Å². The molecule has 0 heterocycles. The molecule has 1 unspecified atom stereocenters. The second kappa shape index (κ2) is 63.9. The Morgan fingerprint density at radius 3 is 0.816 bits per heavy atom. The summed E-state index contributed by atoms with van der Waals surface area (Å²) >= 11 is 0. The van der Waals surface area contributed by atoms with E-state index in [4.69, 9.17) is 14.2 Å². The van der Waals surface area contributed by atoms with E-state index in [2.05, 4.69) is 118 Å². The second-order valence-electron chi connectivity index (χ2n) is 21.3. The molecule has 0 aliphatic heterocycles. The zero-order chi connectivity index (χ0) is 55.0. The smallest absolute Gasteiger partial charge is 0.306 e. The Morgan fingerprint density at radius 2 is 0.513 bits per heavy atom. The minimum absolute atomic E-state index is 0.0780. The highest BCUT2D eigenvalue weighted by molar-refractivity contribution is 5.71. The van der Waals surface area contributed by atoms with Crippen molar-refractivity contribution in [3.63, 3.8) is 0 Å². The number of esters is 3. The SMILES string of the molecule is CC/C=C\C/C=C\C/C=C\C/C=C\C/C=C\C/C=C\C/C=C\CCCCCCCCCCCCCC(=O)OCC(COC(=O)CCCCCCCCCCC)OC(=O)CCCCCCC/C=C\CCCCCCCCC. The molecule has 0 bridgehead atoms. The summed E-state index contributed by atoms with van der Waals surface area (Å²) in [6.07, 6.45) is 85.7. The molecule has 0 aliphatic rings. The number of allylic oxidation sites excluding steroid dienone is 16. The lowest BCUT2D eigenvalue weighted by Crippen LogP contribution is -2.30. The molecule has 0 aromatic rings. The molecule has 0 aromatic heterocycles. The van der Waals surface area contributed by atoms with Crippen LogP contribution in [0.25, 0.3) is 0 Å². The van der Waals surface area contributed by atoms with E-state index in [9.17, 15) is 14.4 Å². The molecule has 436 valence electrons. The first kappa shape index (κ1) is 72.3. The summed E-state index contributed by atoms with van der Waals surface area (Å²) in [6.45, 7) is 6.51. The van der Waals surface area contributed by atoms with Gasteiger partial charge in [-0.15, -0.1) is 0 Å². The van der Waals surface area contributed by atoms with Crippen molar-refractivity contribution < 1.29 is 28.6 Å². The van der Waals surface area contributed by atoms with Gasteiger partial charge in [-0.05, 0) is 103 Å². The second-order valence-corrected chi connectivity index (χ2v) is 21.3. The first-order valence-electron chi connectivity index (χ1n) is 32.2. The van der Waals surface area contributed by atoms with Gasteiger partial charge in [0, 0.05) is 19.3 Å². The van der Waals surface area contributed by atoms with Crippen LogP contribution in [0.3, 0.4) is 0 Å². The van der Waals surface area contributed by atoms with Gasteiger partial charge in [-0.1, -0.05) is 285 Å². The summed E-state index contributed by atoms with van der Waals surface area (Å²) in [7, 11) is 0. The zero-order valence-electron chi connectivity index (χ0n) is 50.0. The molecule has 0 amide bonds. The molecule has 0 aromatic carbocycles. The van der Waals surface area contributed by atoms with E-state index in [-0.39, 0.29) is 31.1 Å². The van der Waals surface area contributed by atoms with E-state index in [0.717, 1.165) is 116 Å². The fraction of sp³-hybridized carbons (Fsp3) is 0.729. The third-order valence-corrected chi connectivity index (χ3v) is 13.8. The maximum Gasteiger partial charge on any atom is 0.306 e. The number of unbranched alkanes of at least 4 members (excludes halogenated alkanes) is 31. The van der Waals surface area contributed by atoms with Crippen LogP contribution in [0.1, 0.15) is 310 Å². The third kappa shape index (κ3) is 61.2. The van der Waals surface area contributed by atoms with Crippen molar-refractivity contribution in [1.29, 1.82) is 0 Å². The number of hydrogen-bond acceptors (Lipinski definition) is 6. The minimum atomic E-state index is -0.780. The predicted octanol–water partition coefficient (Wildman–Crippen LogP) is 22.0. The molecular formula is C70H120O6. The molecule has 0 saturated carbocycles. The summed E-state index contributed by atoms with van der Waals surface area (Å²) in [4.78, 5) is 38.1. The Hall–Kier alpha value is -3.67. The molecule has 0 fully saturated rings. The predicted molar refractivity (Wildman–Crippen MR) is 330 cm³/mol. The highest BCUT2D eigenvalue weighted by atomic mass is 16.6. The fourth-order valence-corrected chi connectivity index (χ4v) is 9.01. The van der Waals surface area contributed by atoms with Crippen LogP contribution in [0.15, 0.2) is 97.2 Å². The standard InChI is InChI=1S/C70H120O6/c1-4-7-10-13-16-19-21-23-25-27-28-29-30-31-32-33-34-35-36-37-38-39-40-41-42-43-45-46-48-51-54-57-60-63-69(72)75-66-67(65-74-68(71)62-59-56-53-50-18-15-12-9-6-3)76-70(73)64-61-58-55-52-49-47-44-26-24-22-20-17-14-11-8-5-2/h7,10,16,19,23,25-26,28-29,31-32,34-35,37-38,44,67H,4-6,8-9,11-15,17-18,20-22,24,27,30,33,36,39-43,45-66H2,1-3H3/b10-7-,19-16-,25-23-,29-28-,32-31-,35-34-,38-37-,44-26-. The van der Waals surface area contributed by atoms with Crippen LogP contribution in [0, 0.1) is 0 Å². The van der Waals surface area contributed by atoms with Crippen molar-refractivity contribution in [1.82, 2.24) is 0 Å². The van der Waals surface area contributed by atoms with Gasteiger partial charge in [-0.2, -0.15) is 0 Å². The molecule has 0 aliphatic carbocycles. The Balaban J connectivity index is 4.15. The fourth-order valence-electron chi connectivity index (χ4n) is 9.01. The number of carbonyl (C=O) groups is 3. The average Bonchev–Trinajstić information content (AvgIpc) is 3.42. The average molecular weight is 1060 g/mol. The molecule has 0 saturated heterocycles. The van der Waals surface area contributed by atoms with E-state index in [1.54, 1.807) is 0 Å². The lowest BCUT2D eigenvalue weighted by atomic mass is 10.0. The van der Waals surface area contributed by atoms with Crippen LogP contribution < -0.4 is 0 Å². The first-order chi connectivity index (χ1) is 37.5. The first-order valence-corrected chi connectivity index (χ1v) is 32.2. The Bertz CT molecular complexity index is 1490. The van der Waals surface area contributed by atoms with Crippen molar-refractivity contribution >= 4 is 17.9 Å². The highest BCUT2D eigenvalue weighted by Gasteiger charge is 2.19. The lowest BCUT2D eigenvalue weighted by Gasteiger charge is -2.18. The van der Waals surface area contributed by atoms with E-state index >= 15 is 0 Å². The molecule has 0 rings (SSSR count). The van der Waals surface area contributed by atoms with Crippen LogP contribution in [0.2, 0.25) is 0 Å². The molecule has 1 atom stereocenters. The van der Waals surface area contributed by atoms with Crippen molar-refractivity contribution in [2.45, 2.75) is 316 Å². The summed E-state index contributed by atoms with van der Waals surface area (Å²) in [5.41, 5.74) is 0. The van der Waals surface area contributed by atoms with Crippen molar-refractivity contribution in [3.05, 3.63) is 97.2 Å². The van der Waals surface area contributed by atoms with Gasteiger partial charge < -0.3 is 14.2 Å². The van der Waals surface area contributed by atoms with Gasteiger partial charge >= 0.3 is 17.9 Å². The summed E-state index contributed by atoms with van der Waals surface area (Å²) in [6, 6.07) is 0.